The van der Waals surface area contributed by atoms with Gasteiger partial charge in [-0.2, -0.15) is 0 Å². The van der Waals surface area contributed by atoms with Gasteiger partial charge in [0.25, 0.3) is 5.91 Å². The number of hydrogen-bond donors (Lipinski definition) is 1. The Morgan fingerprint density at radius 2 is 1.77 bits per heavy atom. The molecule has 0 saturated heterocycles. The van der Waals surface area contributed by atoms with Crippen molar-refractivity contribution in [3.8, 4) is 11.5 Å². The first kappa shape index (κ1) is 16.7. The minimum absolute atomic E-state index is 0.0339. The van der Waals surface area contributed by atoms with E-state index in [2.05, 4.69) is 5.32 Å². The fourth-order valence-corrected chi connectivity index (χ4v) is 2.85. The molecular formula is C18H27NO3. The third-order valence-electron chi connectivity index (χ3n) is 4.17. The zero-order valence-corrected chi connectivity index (χ0v) is 13.6. The average Bonchev–Trinajstić information content (AvgIpc) is 2.49. The third-order valence-corrected chi connectivity index (χ3v) is 4.17. The second kappa shape index (κ2) is 8.66. The molecule has 1 aromatic carbocycles. The van der Waals surface area contributed by atoms with Crippen LogP contribution < -0.4 is 14.8 Å². The maximum atomic E-state index is 12.3. The number of methoxy groups -OCH3 is 1. The molecule has 2 rings (SSSR count). The van der Waals surface area contributed by atoms with Gasteiger partial charge in [-0.25, -0.2) is 0 Å². The molecule has 0 heterocycles. The van der Waals surface area contributed by atoms with Gasteiger partial charge in [-0.15, -0.1) is 0 Å². The Morgan fingerprint density at radius 3 is 2.45 bits per heavy atom. The summed E-state index contributed by atoms with van der Waals surface area (Å²) in [6.45, 7) is 1.79. The largest absolute Gasteiger partial charge is 0.497 e. The lowest BCUT2D eigenvalue weighted by Crippen LogP contribution is -2.42. The van der Waals surface area contributed by atoms with E-state index in [-0.39, 0.29) is 5.91 Å². The Bertz CT molecular complexity index is 467. The number of nitrogens with one attached hydrogen (secondary N) is 1. The SMILES string of the molecule is COc1cccc(OC(C)C(=O)NC2CCCCCCC2)c1. The van der Waals surface area contributed by atoms with E-state index in [4.69, 9.17) is 9.47 Å². The minimum Gasteiger partial charge on any atom is -0.497 e. The van der Waals surface area contributed by atoms with Crippen molar-refractivity contribution >= 4 is 5.91 Å². The van der Waals surface area contributed by atoms with Crippen LogP contribution in [0.1, 0.15) is 51.9 Å². The second-order valence-corrected chi connectivity index (χ2v) is 5.99. The number of rotatable bonds is 5. The van der Waals surface area contributed by atoms with Gasteiger partial charge in [0.15, 0.2) is 6.10 Å². The van der Waals surface area contributed by atoms with Crippen LogP contribution in [0.15, 0.2) is 24.3 Å². The van der Waals surface area contributed by atoms with Gasteiger partial charge in [0.2, 0.25) is 0 Å². The molecule has 0 bridgehead atoms. The molecule has 1 fully saturated rings. The van der Waals surface area contributed by atoms with Crippen LogP contribution in [0.5, 0.6) is 11.5 Å². The van der Waals surface area contributed by atoms with Gasteiger partial charge in [0.1, 0.15) is 11.5 Å². The molecule has 1 atom stereocenters. The summed E-state index contributed by atoms with van der Waals surface area (Å²) in [5.74, 6) is 1.35. The van der Waals surface area contributed by atoms with Gasteiger partial charge in [0.05, 0.1) is 7.11 Å². The van der Waals surface area contributed by atoms with Crippen LogP contribution in [0.4, 0.5) is 0 Å². The normalized spacial score (nSPS) is 17.9. The van der Waals surface area contributed by atoms with Crippen LogP contribution in [-0.4, -0.2) is 25.2 Å². The van der Waals surface area contributed by atoms with Crippen LogP contribution in [0.3, 0.4) is 0 Å². The summed E-state index contributed by atoms with van der Waals surface area (Å²) in [5, 5.41) is 3.14. The molecule has 22 heavy (non-hydrogen) atoms. The first-order valence-corrected chi connectivity index (χ1v) is 8.30. The van der Waals surface area contributed by atoms with E-state index >= 15 is 0 Å². The summed E-state index contributed by atoms with van der Waals surface area (Å²) in [7, 11) is 1.61. The number of hydrogen-bond acceptors (Lipinski definition) is 3. The van der Waals surface area contributed by atoms with E-state index in [1.807, 2.05) is 18.2 Å². The van der Waals surface area contributed by atoms with Gasteiger partial charge in [-0.1, -0.05) is 38.2 Å². The molecule has 4 heteroatoms. The molecule has 0 spiro atoms. The zero-order valence-electron chi connectivity index (χ0n) is 13.6. The lowest BCUT2D eigenvalue weighted by Gasteiger charge is -2.23. The van der Waals surface area contributed by atoms with E-state index in [0.29, 0.717) is 11.8 Å². The van der Waals surface area contributed by atoms with E-state index < -0.39 is 6.10 Å². The summed E-state index contributed by atoms with van der Waals surface area (Å²) < 4.78 is 10.9. The summed E-state index contributed by atoms with van der Waals surface area (Å²) >= 11 is 0. The molecule has 122 valence electrons. The highest BCUT2D eigenvalue weighted by Crippen LogP contribution is 2.20. The van der Waals surface area contributed by atoms with Gasteiger partial charge in [0, 0.05) is 12.1 Å². The topological polar surface area (TPSA) is 47.6 Å². The molecule has 1 unspecified atom stereocenters. The molecule has 4 nitrogen and oxygen atoms in total. The molecule has 1 aliphatic rings. The molecular weight excluding hydrogens is 278 g/mol. The number of benzene rings is 1. The van der Waals surface area contributed by atoms with Crippen molar-refractivity contribution in [2.75, 3.05) is 7.11 Å². The summed E-state index contributed by atoms with van der Waals surface area (Å²) in [6, 6.07) is 7.63. The Labute approximate surface area is 133 Å². The smallest absolute Gasteiger partial charge is 0.260 e. The molecule has 0 aliphatic heterocycles. The molecule has 0 aromatic heterocycles. The Morgan fingerprint density at radius 1 is 1.14 bits per heavy atom. The molecule has 1 N–H and O–H groups in total. The summed E-state index contributed by atoms with van der Waals surface area (Å²) in [4.78, 5) is 12.3. The lowest BCUT2D eigenvalue weighted by atomic mass is 9.96. The van der Waals surface area contributed by atoms with Crippen LogP contribution in [0.25, 0.3) is 0 Å². The Hall–Kier alpha value is -1.71. The van der Waals surface area contributed by atoms with Crippen molar-refractivity contribution < 1.29 is 14.3 Å². The number of carbonyl (C=O) groups is 1. The van der Waals surface area contributed by atoms with Gasteiger partial charge in [-0.05, 0) is 31.9 Å². The van der Waals surface area contributed by atoms with Crippen molar-refractivity contribution in [2.24, 2.45) is 0 Å². The standard InChI is InChI=1S/C18H27NO3/c1-14(22-17-12-8-11-16(13-17)21-2)18(20)19-15-9-6-4-3-5-7-10-15/h8,11-15H,3-7,9-10H2,1-2H3,(H,19,20). The molecule has 1 amide bonds. The first-order chi connectivity index (χ1) is 10.7. The maximum Gasteiger partial charge on any atom is 0.260 e. The van der Waals surface area contributed by atoms with Crippen molar-refractivity contribution in [3.05, 3.63) is 24.3 Å². The maximum absolute atomic E-state index is 12.3. The Balaban J connectivity index is 1.85. The fourth-order valence-electron chi connectivity index (χ4n) is 2.85. The van der Waals surface area contributed by atoms with E-state index in [1.54, 1.807) is 20.1 Å². The van der Waals surface area contributed by atoms with Crippen molar-refractivity contribution in [3.63, 3.8) is 0 Å². The summed E-state index contributed by atoms with van der Waals surface area (Å²) in [5.41, 5.74) is 0. The highest BCUT2D eigenvalue weighted by atomic mass is 16.5. The predicted octanol–water partition coefficient (Wildman–Crippen LogP) is 3.69. The van der Waals surface area contributed by atoms with Crippen molar-refractivity contribution in [1.82, 2.24) is 5.32 Å². The monoisotopic (exact) mass is 305 g/mol. The molecule has 1 aliphatic carbocycles. The average molecular weight is 305 g/mol. The van der Waals surface area contributed by atoms with Gasteiger partial charge >= 0.3 is 0 Å². The number of ether oxygens (including phenoxy) is 2. The number of carbonyl (C=O) groups excluding carboxylic acids is 1. The van der Waals surface area contributed by atoms with E-state index in [0.717, 1.165) is 18.6 Å². The van der Waals surface area contributed by atoms with E-state index in [9.17, 15) is 4.79 Å². The highest BCUT2D eigenvalue weighted by Gasteiger charge is 2.19. The van der Waals surface area contributed by atoms with E-state index in [1.165, 1.54) is 32.1 Å². The highest BCUT2D eigenvalue weighted by molar-refractivity contribution is 5.81. The van der Waals surface area contributed by atoms with Crippen LogP contribution >= 0.6 is 0 Å². The second-order valence-electron chi connectivity index (χ2n) is 5.99. The summed E-state index contributed by atoms with van der Waals surface area (Å²) in [6.07, 6.45) is 7.96. The van der Waals surface area contributed by atoms with Crippen LogP contribution in [0, 0.1) is 0 Å². The molecule has 0 radical (unpaired) electrons. The Kier molecular flexibility index (Phi) is 6.56. The van der Waals surface area contributed by atoms with Gasteiger partial charge < -0.3 is 14.8 Å². The quantitative estimate of drug-likeness (QED) is 0.902. The van der Waals surface area contributed by atoms with Gasteiger partial charge in [-0.3, -0.25) is 4.79 Å². The van der Waals surface area contributed by atoms with Crippen molar-refractivity contribution in [1.29, 1.82) is 0 Å². The molecule has 1 aromatic rings. The van der Waals surface area contributed by atoms with Crippen LogP contribution in [-0.2, 0) is 4.79 Å². The minimum atomic E-state index is -0.502. The third kappa shape index (κ3) is 5.24. The fraction of sp³-hybridized carbons (Fsp3) is 0.611. The zero-order chi connectivity index (χ0) is 15.8. The predicted molar refractivity (Wildman–Crippen MR) is 87.3 cm³/mol. The lowest BCUT2D eigenvalue weighted by molar-refractivity contribution is -0.128. The first-order valence-electron chi connectivity index (χ1n) is 8.30. The molecule has 1 saturated carbocycles. The number of amides is 1. The van der Waals surface area contributed by atoms with Crippen molar-refractivity contribution in [2.45, 2.75) is 64.0 Å². The van der Waals surface area contributed by atoms with Crippen LogP contribution in [0.2, 0.25) is 0 Å².